The number of carbonyl (C=O) groups is 3. The number of halogens is 1. The number of amides is 2. The molecule has 2 aromatic carbocycles. The molecule has 0 aliphatic carbocycles. The van der Waals surface area contributed by atoms with Gasteiger partial charge in [-0.15, -0.1) is 0 Å². The van der Waals surface area contributed by atoms with Crippen LogP contribution in [0.4, 0.5) is 20.6 Å². The highest BCUT2D eigenvalue weighted by atomic mass is 19.1. The van der Waals surface area contributed by atoms with Gasteiger partial charge in [-0.05, 0) is 38.1 Å². The number of nitro benzene ring substituents is 1. The molecule has 1 heterocycles. The molecule has 1 aliphatic rings. The molecule has 0 saturated heterocycles. The molecule has 3 rings (SSSR count). The van der Waals surface area contributed by atoms with Crippen LogP contribution in [-0.4, -0.2) is 41.1 Å². The van der Waals surface area contributed by atoms with E-state index in [-0.39, 0.29) is 22.9 Å². The van der Waals surface area contributed by atoms with Crippen LogP contribution >= 0.6 is 0 Å². The lowest BCUT2D eigenvalue weighted by Crippen LogP contribution is -2.53. The van der Waals surface area contributed by atoms with Gasteiger partial charge >= 0.3 is 6.16 Å². The number of ether oxygens (including phenoxy) is 3. The zero-order valence-corrected chi connectivity index (χ0v) is 16.9. The second-order valence-electron chi connectivity index (χ2n) is 6.77. The third-order valence-corrected chi connectivity index (χ3v) is 4.48. The Morgan fingerprint density at radius 1 is 1.25 bits per heavy atom. The molecule has 0 saturated carbocycles. The van der Waals surface area contributed by atoms with Crippen molar-refractivity contribution in [3.63, 3.8) is 0 Å². The number of hydrogen-bond acceptors (Lipinski definition) is 8. The van der Waals surface area contributed by atoms with Gasteiger partial charge in [0.25, 0.3) is 17.5 Å². The van der Waals surface area contributed by atoms with Crippen LogP contribution in [-0.2, 0) is 14.3 Å². The van der Waals surface area contributed by atoms with Crippen LogP contribution in [0.3, 0.4) is 0 Å². The molecule has 3 atom stereocenters. The molecule has 2 N–H and O–H groups in total. The van der Waals surface area contributed by atoms with Crippen LogP contribution in [0.5, 0.6) is 11.5 Å². The van der Waals surface area contributed by atoms with Crippen LogP contribution in [0.1, 0.15) is 13.8 Å². The fraction of sp³-hybridized carbons (Fsp3) is 0.250. The number of non-ortho nitro benzene ring substituents is 1. The van der Waals surface area contributed by atoms with E-state index in [1.807, 2.05) is 0 Å². The fourth-order valence-corrected chi connectivity index (χ4v) is 2.81. The maximum atomic E-state index is 14.0. The molecule has 0 unspecified atom stereocenters. The minimum atomic E-state index is -1.36. The van der Waals surface area contributed by atoms with Crippen LogP contribution in [0, 0.1) is 15.9 Å². The van der Waals surface area contributed by atoms with Gasteiger partial charge in [0.1, 0.15) is 29.3 Å². The van der Waals surface area contributed by atoms with Gasteiger partial charge in [-0.1, -0.05) is 6.07 Å². The number of benzene rings is 2. The van der Waals surface area contributed by atoms with E-state index < -0.39 is 47.0 Å². The van der Waals surface area contributed by atoms with Gasteiger partial charge in [-0.3, -0.25) is 19.7 Å². The first kappa shape index (κ1) is 22.5. The number of anilines is 1. The van der Waals surface area contributed by atoms with Crippen molar-refractivity contribution in [1.29, 1.82) is 0 Å². The maximum absolute atomic E-state index is 14.0. The molecule has 0 fully saturated rings. The molecule has 12 heteroatoms. The number of nitrogens with zero attached hydrogens (tertiary/aromatic N) is 1. The number of fused-ring (bicyclic) bond motifs is 1. The van der Waals surface area contributed by atoms with Crippen molar-refractivity contribution in [2.24, 2.45) is 0 Å². The molecule has 0 radical (unpaired) electrons. The molecule has 168 valence electrons. The van der Waals surface area contributed by atoms with Gasteiger partial charge in [0.15, 0.2) is 11.9 Å². The van der Waals surface area contributed by atoms with E-state index in [4.69, 9.17) is 14.2 Å². The molecule has 32 heavy (non-hydrogen) atoms. The van der Waals surface area contributed by atoms with Crippen molar-refractivity contribution in [1.82, 2.24) is 5.32 Å². The highest BCUT2D eigenvalue weighted by Crippen LogP contribution is 2.31. The molecule has 2 aromatic rings. The van der Waals surface area contributed by atoms with Gasteiger partial charge in [-0.25, -0.2) is 9.18 Å². The second kappa shape index (κ2) is 9.29. The summed E-state index contributed by atoms with van der Waals surface area (Å²) < 4.78 is 29.3. The Labute approximate surface area is 180 Å². The van der Waals surface area contributed by atoms with Crippen molar-refractivity contribution in [3.8, 4) is 11.5 Å². The summed E-state index contributed by atoms with van der Waals surface area (Å²) >= 11 is 0. The van der Waals surface area contributed by atoms with E-state index >= 15 is 0 Å². The predicted octanol–water partition coefficient (Wildman–Crippen LogP) is 2.54. The average Bonchev–Trinajstić information content (AvgIpc) is 2.85. The lowest BCUT2D eigenvalue weighted by Gasteiger charge is -2.23. The SMILES string of the molecule is C[C@H](OC(=O)Oc1ccc([N+](=O)[O-])cc1)C(=O)N[C@@H]1C(=O)Nc2c(F)cccc2O[C@@H]1C. The molecule has 0 bridgehead atoms. The summed E-state index contributed by atoms with van der Waals surface area (Å²) in [4.78, 5) is 46.8. The van der Waals surface area contributed by atoms with Crippen LogP contribution in [0.25, 0.3) is 0 Å². The monoisotopic (exact) mass is 447 g/mol. The van der Waals surface area contributed by atoms with E-state index in [1.54, 1.807) is 0 Å². The second-order valence-corrected chi connectivity index (χ2v) is 6.77. The number of carbonyl (C=O) groups excluding carboxylic acids is 3. The third kappa shape index (κ3) is 5.09. The summed E-state index contributed by atoms with van der Waals surface area (Å²) in [5.41, 5.74) is -0.337. The zero-order valence-electron chi connectivity index (χ0n) is 16.9. The molecular weight excluding hydrogens is 429 g/mol. The van der Waals surface area contributed by atoms with Crippen molar-refractivity contribution >= 4 is 29.3 Å². The Kier molecular flexibility index (Phi) is 6.52. The Morgan fingerprint density at radius 3 is 2.59 bits per heavy atom. The topological polar surface area (TPSA) is 146 Å². The highest BCUT2D eigenvalue weighted by Gasteiger charge is 2.35. The summed E-state index contributed by atoms with van der Waals surface area (Å²) in [7, 11) is 0. The lowest BCUT2D eigenvalue weighted by atomic mass is 10.1. The van der Waals surface area contributed by atoms with Crippen molar-refractivity contribution in [2.45, 2.75) is 32.1 Å². The summed E-state index contributed by atoms with van der Waals surface area (Å²) in [6, 6.07) is 7.48. The van der Waals surface area contributed by atoms with Crippen LogP contribution in [0.2, 0.25) is 0 Å². The predicted molar refractivity (Wildman–Crippen MR) is 107 cm³/mol. The number of nitrogens with one attached hydrogen (secondary N) is 2. The Morgan fingerprint density at radius 2 is 1.94 bits per heavy atom. The summed E-state index contributed by atoms with van der Waals surface area (Å²) in [6.45, 7) is 2.76. The Bertz CT molecular complexity index is 1060. The quantitative estimate of drug-likeness (QED) is 0.308. The molecule has 0 aromatic heterocycles. The summed E-state index contributed by atoms with van der Waals surface area (Å²) in [6.07, 6.45) is -3.45. The van der Waals surface area contributed by atoms with Gasteiger partial charge in [0.05, 0.1) is 4.92 Å². The standard InChI is InChI=1S/C20H18FN3O8/c1-10-16(19(26)23-17-14(21)4-3-5-15(17)30-10)22-18(25)11(2)31-20(27)32-13-8-6-12(7-9-13)24(28)29/h3-11,16H,1-2H3,(H,22,25)(H,23,26)/t10-,11+,16+/m1/s1. The maximum Gasteiger partial charge on any atom is 0.514 e. The molecule has 11 nitrogen and oxygen atoms in total. The largest absolute Gasteiger partial charge is 0.514 e. The third-order valence-electron chi connectivity index (χ3n) is 4.48. The Hall–Kier alpha value is -4.22. The highest BCUT2D eigenvalue weighted by molar-refractivity contribution is 6.00. The van der Waals surface area contributed by atoms with Crippen LogP contribution in [0.15, 0.2) is 42.5 Å². The van der Waals surface area contributed by atoms with E-state index in [0.717, 1.165) is 18.2 Å². The normalized spacial score (nSPS) is 18.2. The van der Waals surface area contributed by atoms with E-state index in [2.05, 4.69) is 10.6 Å². The first-order valence-electron chi connectivity index (χ1n) is 9.35. The lowest BCUT2D eigenvalue weighted by molar-refractivity contribution is -0.384. The first-order valence-corrected chi connectivity index (χ1v) is 9.35. The summed E-state index contributed by atoms with van der Waals surface area (Å²) in [5, 5.41) is 15.4. The minimum absolute atomic E-state index is 0.0295. The molecule has 0 spiro atoms. The van der Waals surface area contributed by atoms with Crippen molar-refractivity contribution < 1.29 is 37.9 Å². The number of rotatable bonds is 5. The average molecular weight is 447 g/mol. The van der Waals surface area contributed by atoms with E-state index in [0.29, 0.717) is 0 Å². The van der Waals surface area contributed by atoms with Gasteiger partial charge in [0, 0.05) is 12.1 Å². The molecule has 1 aliphatic heterocycles. The van der Waals surface area contributed by atoms with Gasteiger partial charge in [0.2, 0.25) is 0 Å². The molecule has 2 amide bonds. The zero-order chi connectivity index (χ0) is 23.4. The van der Waals surface area contributed by atoms with Crippen molar-refractivity contribution in [2.75, 3.05) is 5.32 Å². The van der Waals surface area contributed by atoms with Gasteiger partial charge in [-0.2, -0.15) is 0 Å². The van der Waals surface area contributed by atoms with Gasteiger partial charge < -0.3 is 24.8 Å². The first-order chi connectivity index (χ1) is 15.2. The number of nitro groups is 1. The smallest absolute Gasteiger partial charge is 0.486 e. The van der Waals surface area contributed by atoms with Crippen molar-refractivity contribution in [3.05, 3.63) is 58.4 Å². The Balaban J connectivity index is 1.58. The molecular formula is C20H18FN3O8. The van der Waals surface area contributed by atoms with E-state index in [9.17, 15) is 28.9 Å². The minimum Gasteiger partial charge on any atom is -0.486 e. The summed E-state index contributed by atoms with van der Waals surface area (Å²) in [5.74, 6) is -2.15. The number of hydrogen-bond donors (Lipinski definition) is 2. The van der Waals surface area contributed by atoms with E-state index in [1.165, 1.54) is 38.1 Å². The number of para-hydroxylation sites is 1. The van der Waals surface area contributed by atoms with Crippen LogP contribution < -0.4 is 20.1 Å². The fourth-order valence-electron chi connectivity index (χ4n) is 2.81.